The van der Waals surface area contributed by atoms with E-state index in [4.69, 9.17) is 9.47 Å². The van der Waals surface area contributed by atoms with Crippen LogP contribution in [0.4, 0.5) is 0 Å². The van der Waals surface area contributed by atoms with Gasteiger partial charge in [-0.1, -0.05) is 24.3 Å². The molecule has 7 nitrogen and oxygen atoms in total. The number of fused-ring (bicyclic) bond motifs is 1. The predicted molar refractivity (Wildman–Crippen MR) is 130 cm³/mol. The number of amides is 1. The third-order valence-corrected chi connectivity index (χ3v) is 6.67. The van der Waals surface area contributed by atoms with E-state index >= 15 is 0 Å². The number of nitrogens with zero attached hydrogens (tertiary/aromatic N) is 3. The minimum atomic E-state index is -0.837. The molecule has 0 bridgehead atoms. The van der Waals surface area contributed by atoms with Crippen LogP contribution >= 0.6 is 0 Å². The Balaban J connectivity index is 1.47. The summed E-state index contributed by atoms with van der Waals surface area (Å²) in [6.45, 7) is 0.637. The molecule has 1 fully saturated rings. The van der Waals surface area contributed by atoms with E-state index in [1.807, 2.05) is 25.5 Å². The summed E-state index contributed by atoms with van der Waals surface area (Å²) < 4.78 is 12.8. The molecule has 2 aliphatic rings. The number of rotatable bonds is 5. The van der Waals surface area contributed by atoms with E-state index in [2.05, 4.69) is 34.4 Å². The van der Waals surface area contributed by atoms with Crippen LogP contribution in [0.2, 0.25) is 0 Å². The van der Waals surface area contributed by atoms with Gasteiger partial charge < -0.3 is 14.6 Å². The summed E-state index contributed by atoms with van der Waals surface area (Å²) in [5, 5.41) is 14.4. The Labute approximate surface area is 199 Å². The lowest BCUT2D eigenvalue weighted by atomic mass is 9.92. The van der Waals surface area contributed by atoms with Gasteiger partial charge in [-0.05, 0) is 59.6 Å². The third-order valence-electron chi connectivity index (χ3n) is 6.67. The summed E-state index contributed by atoms with van der Waals surface area (Å²) in [7, 11) is 3.52. The number of aryl methyl sites for hydroxylation is 1. The number of hydrogen-bond donors (Lipinski definition) is 1. The average Bonchev–Trinajstić information content (AvgIpc) is 3.50. The van der Waals surface area contributed by atoms with Gasteiger partial charge in [0.25, 0.3) is 5.91 Å². The lowest BCUT2D eigenvalue weighted by molar-refractivity contribution is 0.0523. The second-order valence-corrected chi connectivity index (χ2v) is 8.95. The molecule has 34 heavy (non-hydrogen) atoms. The molecule has 1 atom stereocenters. The molecule has 1 N–H and O–H groups in total. The monoisotopic (exact) mass is 459 g/mol. The fourth-order valence-corrected chi connectivity index (χ4v) is 4.95. The number of aliphatic hydroxyl groups is 1. The number of ether oxygens (including phenoxy) is 2. The zero-order valence-corrected chi connectivity index (χ0v) is 19.6. The topological polar surface area (TPSA) is 85.9 Å². The lowest BCUT2D eigenvalue weighted by Crippen LogP contribution is -2.33. The van der Waals surface area contributed by atoms with Gasteiger partial charge in [0.1, 0.15) is 11.9 Å². The molecule has 2 aromatic carbocycles. The normalized spacial score (nSPS) is 18.8. The van der Waals surface area contributed by atoms with Gasteiger partial charge in [-0.25, -0.2) is 4.99 Å². The van der Waals surface area contributed by atoms with E-state index in [0.29, 0.717) is 30.1 Å². The van der Waals surface area contributed by atoms with E-state index in [-0.39, 0.29) is 12.5 Å². The van der Waals surface area contributed by atoms with Crippen molar-refractivity contribution in [2.75, 3.05) is 20.3 Å². The highest BCUT2D eigenvalue weighted by atomic mass is 16.5. The SMILES string of the molecule is COc1c(C(=O)N=C2CCOC[C@@H]2O)cc(Cc2ccc(-c3cnn(C)c3)cc2)c2c1CCC2. The first kappa shape index (κ1) is 22.5. The predicted octanol–water partition coefficient (Wildman–Crippen LogP) is 3.54. The Morgan fingerprint density at radius 3 is 2.71 bits per heavy atom. The summed E-state index contributed by atoms with van der Waals surface area (Å²) >= 11 is 0. The summed E-state index contributed by atoms with van der Waals surface area (Å²) in [6, 6.07) is 10.4. The number of aliphatic hydroxyl groups excluding tert-OH is 1. The van der Waals surface area contributed by atoms with Crippen molar-refractivity contribution < 1.29 is 19.4 Å². The van der Waals surface area contributed by atoms with Gasteiger partial charge in [0.2, 0.25) is 0 Å². The minimum Gasteiger partial charge on any atom is -0.496 e. The molecule has 0 saturated carbocycles. The van der Waals surface area contributed by atoms with E-state index in [1.54, 1.807) is 11.8 Å². The van der Waals surface area contributed by atoms with Gasteiger partial charge in [-0.2, -0.15) is 5.10 Å². The second-order valence-electron chi connectivity index (χ2n) is 8.95. The Morgan fingerprint density at radius 2 is 2.00 bits per heavy atom. The average molecular weight is 460 g/mol. The first-order valence-corrected chi connectivity index (χ1v) is 11.7. The number of methoxy groups -OCH3 is 1. The zero-order chi connectivity index (χ0) is 23.7. The molecule has 3 aromatic rings. The van der Waals surface area contributed by atoms with E-state index < -0.39 is 6.10 Å². The van der Waals surface area contributed by atoms with E-state index in [1.165, 1.54) is 11.1 Å². The Kier molecular flexibility index (Phi) is 6.30. The number of carbonyl (C=O) groups is 1. The largest absolute Gasteiger partial charge is 0.496 e. The van der Waals surface area contributed by atoms with Crippen LogP contribution in [0, 0.1) is 0 Å². The molecular weight excluding hydrogens is 430 g/mol. The van der Waals surface area contributed by atoms with E-state index in [9.17, 15) is 9.90 Å². The number of benzene rings is 2. The van der Waals surface area contributed by atoms with Crippen molar-refractivity contribution >= 4 is 11.6 Å². The van der Waals surface area contributed by atoms with Crippen LogP contribution in [0.15, 0.2) is 47.7 Å². The highest BCUT2D eigenvalue weighted by molar-refractivity contribution is 6.07. The number of aliphatic imine (C=N–C) groups is 1. The van der Waals surface area contributed by atoms with Crippen LogP contribution in [-0.4, -0.2) is 52.9 Å². The quantitative estimate of drug-likeness (QED) is 0.631. The molecule has 0 unspecified atom stereocenters. The van der Waals surface area contributed by atoms with Crippen LogP contribution in [0.1, 0.15) is 45.5 Å². The van der Waals surface area contributed by atoms with Crippen LogP contribution < -0.4 is 4.74 Å². The van der Waals surface area contributed by atoms with Crippen molar-refractivity contribution in [1.29, 1.82) is 0 Å². The molecule has 1 aromatic heterocycles. The Bertz CT molecular complexity index is 1240. The molecule has 7 heteroatoms. The maximum atomic E-state index is 13.2. The maximum Gasteiger partial charge on any atom is 0.280 e. The summed E-state index contributed by atoms with van der Waals surface area (Å²) in [4.78, 5) is 17.5. The summed E-state index contributed by atoms with van der Waals surface area (Å²) in [6.07, 6.45) is 7.12. The fourth-order valence-electron chi connectivity index (χ4n) is 4.95. The van der Waals surface area contributed by atoms with Crippen LogP contribution in [0.25, 0.3) is 11.1 Å². The van der Waals surface area contributed by atoms with Crippen molar-refractivity contribution in [2.45, 2.75) is 38.2 Å². The van der Waals surface area contributed by atoms with Crippen molar-refractivity contribution in [1.82, 2.24) is 9.78 Å². The Morgan fingerprint density at radius 1 is 1.21 bits per heavy atom. The van der Waals surface area contributed by atoms with Gasteiger partial charge in [-0.15, -0.1) is 0 Å². The highest BCUT2D eigenvalue weighted by Crippen LogP contribution is 2.38. The van der Waals surface area contributed by atoms with Gasteiger partial charge in [-0.3, -0.25) is 9.48 Å². The van der Waals surface area contributed by atoms with Crippen molar-refractivity contribution in [3.8, 4) is 16.9 Å². The van der Waals surface area contributed by atoms with Gasteiger partial charge in [0.05, 0.1) is 37.8 Å². The second kappa shape index (κ2) is 9.52. The summed E-state index contributed by atoms with van der Waals surface area (Å²) in [5.41, 5.74) is 7.87. The van der Waals surface area contributed by atoms with Crippen molar-refractivity contribution in [3.63, 3.8) is 0 Å². The van der Waals surface area contributed by atoms with Gasteiger partial charge in [0, 0.05) is 25.2 Å². The van der Waals surface area contributed by atoms with Crippen LogP contribution in [0.5, 0.6) is 5.75 Å². The molecular formula is C27H29N3O4. The van der Waals surface area contributed by atoms with Gasteiger partial charge in [0.15, 0.2) is 0 Å². The highest BCUT2D eigenvalue weighted by Gasteiger charge is 2.27. The number of aromatic nitrogens is 2. The van der Waals surface area contributed by atoms with Crippen LogP contribution in [0.3, 0.4) is 0 Å². The molecule has 5 rings (SSSR count). The molecule has 1 aliphatic carbocycles. The van der Waals surface area contributed by atoms with Crippen molar-refractivity contribution in [2.24, 2.45) is 12.0 Å². The zero-order valence-electron chi connectivity index (χ0n) is 19.6. The molecule has 1 aliphatic heterocycles. The lowest BCUT2D eigenvalue weighted by Gasteiger charge is -2.20. The third kappa shape index (κ3) is 4.41. The smallest absolute Gasteiger partial charge is 0.280 e. The molecule has 176 valence electrons. The molecule has 0 spiro atoms. The minimum absolute atomic E-state index is 0.174. The fraction of sp³-hybridized carbons (Fsp3) is 0.370. The van der Waals surface area contributed by atoms with Crippen molar-refractivity contribution in [3.05, 3.63) is 70.5 Å². The summed E-state index contributed by atoms with van der Waals surface area (Å²) in [5.74, 6) is 0.259. The first-order valence-electron chi connectivity index (χ1n) is 11.7. The van der Waals surface area contributed by atoms with Gasteiger partial charge >= 0.3 is 0 Å². The Hall–Kier alpha value is -3.29. The molecule has 2 heterocycles. The number of carbonyl (C=O) groups excluding carboxylic acids is 1. The molecule has 0 radical (unpaired) electrons. The molecule has 1 saturated heterocycles. The molecule has 1 amide bonds. The standard InChI is InChI=1S/C27H29N3O4/c1-30-15-20(14-28-30)18-8-6-17(7-9-18)12-19-13-23(26(33-2)22-5-3-4-21(19)22)27(32)29-24-10-11-34-16-25(24)31/h6-9,13-15,25,31H,3-5,10-12,16H2,1-2H3/t25-/m0/s1. The van der Waals surface area contributed by atoms with E-state index in [0.717, 1.165) is 47.9 Å². The number of hydrogen-bond acceptors (Lipinski definition) is 5. The maximum absolute atomic E-state index is 13.2. The van der Waals surface area contributed by atoms with Crippen LogP contribution in [-0.2, 0) is 31.0 Å². The first-order chi connectivity index (χ1) is 16.5.